The van der Waals surface area contributed by atoms with E-state index in [1.165, 1.54) is 0 Å². The van der Waals surface area contributed by atoms with Crippen molar-refractivity contribution in [3.63, 3.8) is 0 Å². The Morgan fingerprint density at radius 2 is 2.53 bits per heavy atom. The molecule has 1 aliphatic rings. The van der Waals surface area contributed by atoms with Crippen molar-refractivity contribution < 1.29 is 4.74 Å². The predicted molar refractivity (Wildman–Crippen MR) is 64.0 cm³/mol. The van der Waals surface area contributed by atoms with Crippen LogP contribution in [0.4, 0.5) is 0 Å². The fourth-order valence-electron chi connectivity index (χ4n) is 2.40. The number of rotatable bonds is 5. The molecule has 2 rings (SSSR count). The lowest BCUT2D eigenvalue weighted by Gasteiger charge is -2.21. The highest BCUT2D eigenvalue weighted by atomic mass is 16.5. The maximum atomic E-state index is 5.64. The Morgan fingerprint density at radius 1 is 1.71 bits per heavy atom. The van der Waals surface area contributed by atoms with Crippen LogP contribution in [-0.2, 0) is 17.7 Å². The SMILES string of the molecule is CCn1ncnc1CC(NN)C1COC(C)C1. The first-order valence-corrected chi connectivity index (χ1v) is 6.19. The van der Waals surface area contributed by atoms with Crippen LogP contribution < -0.4 is 11.3 Å². The number of ether oxygens (including phenoxy) is 1. The lowest BCUT2D eigenvalue weighted by molar-refractivity contribution is 0.116. The topological polar surface area (TPSA) is 78.0 Å². The lowest BCUT2D eigenvalue weighted by atomic mass is 9.94. The first-order chi connectivity index (χ1) is 8.24. The van der Waals surface area contributed by atoms with Gasteiger partial charge in [0.15, 0.2) is 0 Å². The monoisotopic (exact) mass is 239 g/mol. The summed E-state index contributed by atoms with van der Waals surface area (Å²) in [6.07, 6.45) is 3.78. The van der Waals surface area contributed by atoms with E-state index in [0.717, 1.165) is 31.8 Å². The third-order valence-corrected chi connectivity index (χ3v) is 3.41. The van der Waals surface area contributed by atoms with Crippen LogP contribution in [0.2, 0.25) is 0 Å². The largest absolute Gasteiger partial charge is 0.378 e. The molecule has 3 unspecified atom stereocenters. The second-order valence-electron chi connectivity index (χ2n) is 4.61. The standard InChI is InChI=1S/C11H21N5O/c1-3-16-11(13-7-14-16)5-10(15-12)9-4-8(2)17-6-9/h7-10,15H,3-6,12H2,1-2H3. The quantitative estimate of drug-likeness (QED) is 0.563. The van der Waals surface area contributed by atoms with Gasteiger partial charge in [0.05, 0.1) is 12.7 Å². The first kappa shape index (κ1) is 12.5. The van der Waals surface area contributed by atoms with E-state index in [4.69, 9.17) is 10.6 Å². The molecule has 0 bridgehead atoms. The maximum Gasteiger partial charge on any atom is 0.138 e. The van der Waals surface area contributed by atoms with Crippen molar-refractivity contribution in [2.24, 2.45) is 11.8 Å². The van der Waals surface area contributed by atoms with Crippen LogP contribution in [0.15, 0.2) is 6.33 Å². The van der Waals surface area contributed by atoms with Crippen LogP contribution in [0.25, 0.3) is 0 Å². The Balaban J connectivity index is 2.00. The lowest BCUT2D eigenvalue weighted by Crippen LogP contribution is -2.43. The third-order valence-electron chi connectivity index (χ3n) is 3.41. The van der Waals surface area contributed by atoms with E-state index in [1.807, 2.05) is 4.68 Å². The number of nitrogens with one attached hydrogen (secondary N) is 1. The molecule has 6 nitrogen and oxygen atoms in total. The molecule has 96 valence electrons. The fraction of sp³-hybridized carbons (Fsp3) is 0.818. The van der Waals surface area contributed by atoms with E-state index in [0.29, 0.717) is 12.0 Å². The zero-order valence-electron chi connectivity index (χ0n) is 10.5. The van der Waals surface area contributed by atoms with Gasteiger partial charge in [0.1, 0.15) is 12.2 Å². The summed E-state index contributed by atoms with van der Waals surface area (Å²) >= 11 is 0. The predicted octanol–water partition coefficient (Wildman–Crippen LogP) is 0.0974. The van der Waals surface area contributed by atoms with E-state index < -0.39 is 0 Å². The minimum atomic E-state index is 0.203. The van der Waals surface area contributed by atoms with E-state index in [2.05, 4.69) is 29.4 Å². The number of aromatic nitrogens is 3. The van der Waals surface area contributed by atoms with Crippen LogP contribution in [0, 0.1) is 5.92 Å². The van der Waals surface area contributed by atoms with Crippen LogP contribution in [0.1, 0.15) is 26.1 Å². The third kappa shape index (κ3) is 2.83. The molecule has 2 heterocycles. The summed E-state index contributed by atoms with van der Waals surface area (Å²) in [5.41, 5.74) is 2.89. The van der Waals surface area contributed by atoms with Gasteiger partial charge in [-0.15, -0.1) is 0 Å². The van der Waals surface area contributed by atoms with Crippen LogP contribution in [-0.4, -0.2) is 33.5 Å². The number of hydrogen-bond donors (Lipinski definition) is 2. The normalized spacial score (nSPS) is 26.3. The average molecular weight is 239 g/mol. The summed E-state index contributed by atoms with van der Waals surface area (Å²) < 4.78 is 7.49. The average Bonchev–Trinajstić information content (AvgIpc) is 2.94. The molecule has 0 saturated carbocycles. The van der Waals surface area contributed by atoms with Crippen molar-refractivity contribution in [1.82, 2.24) is 20.2 Å². The molecule has 0 radical (unpaired) electrons. The van der Waals surface area contributed by atoms with Crippen molar-refractivity contribution in [2.75, 3.05) is 6.61 Å². The van der Waals surface area contributed by atoms with Crippen molar-refractivity contribution >= 4 is 0 Å². The molecule has 3 N–H and O–H groups in total. The van der Waals surface area contributed by atoms with Crippen LogP contribution >= 0.6 is 0 Å². The van der Waals surface area contributed by atoms with Crippen LogP contribution in [0.3, 0.4) is 0 Å². The van der Waals surface area contributed by atoms with Crippen molar-refractivity contribution in [3.8, 4) is 0 Å². The van der Waals surface area contributed by atoms with Crippen molar-refractivity contribution in [2.45, 2.75) is 45.4 Å². The summed E-state index contributed by atoms with van der Waals surface area (Å²) in [6, 6.07) is 0.203. The number of aryl methyl sites for hydroxylation is 1. The summed E-state index contributed by atoms with van der Waals surface area (Å²) in [6.45, 7) is 5.77. The molecule has 0 aromatic carbocycles. The Labute approximate surface area is 102 Å². The van der Waals surface area contributed by atoms with Gasteiger partial charge in [0.25, 0.3) is 0 Å². The highest BCUT2D eigenvalue weighted by Gasteiger charge is 2.29. The molecule has 1 saturated heterocycles. The van der Waals surface area contributed by atoms with E-state index in [-0.39, 0.29) is 6.04 Å². The van der Waals surface area contributed by atoms with E-state index in [9.17, 15) is 0 Å². The molecule has 3 atom stereocenters. The minimum absolute atomic E-state index is 0.203. The Kier molecular flexibility index (Phi) is 4.09. The zero-order chi connectivity index (χ0) is 12.3. The van der Waals surface area contributed by atoms with Crippen LogP contribution in [0.5, 0.6) is 0 Å². The van der Waals surface area contributed by atoms with Gasteiger partial charge in [-0.25, -0.2) is 4.98 Å². The summed E-state index contributed by atoms with van der Waals surface area (Å²) in [4.78, 5) is 4.28. The number of hydrazine groups is 1. The summed E-state index contributed by atoms with van der Waals surface area (Å²) in [5.74, 6) is 7.08. The zero-order valence-corrected chi connectivity index (χ0v) is 10.5. The minimum Gasteiger partial charge on any atom is -0.378 e. The number of nitrogens with zero attached hydrogens (tertiary/aromatic N) is 3. The van der Waals surface area contributed by atoms with Crippen molar-refractivity contribution in [1.29, 1.82) is 0 Å². The Morgan fingerprint density at radius 3 is 3.12 bits per heavy atom. The van der Waals surface area contributed by atoms with Gasteiger partial charge in [0, 0.05) is 24.9 Å². The molecule has 1 fully saturated rings. The maximum absolute atomic E-state index is 5.64. The second-order valence-corrected chi connectivity index (χ2v) is 4.61. The van der Waals surface area contributed by atoms with Gasteiger partial charge in [-0.05, 0) is 20.3 Å². The van der Waals surface area contributed by atoms with E-state index in [1.54, 1.807) is 6.33 Å². The Hall–Kier alpha value is -0.980. The number of nitrogens with two attached hydrogens (primary N) is 1. The molecule has 0 spiro atoms. The van der Waals surface area contributed by atoms with Gasteiger partial charge >= 0.3 is 0 Å². The smallest absolute Gasteiger partial charge is 0.138 e. The van der Waals surface area contributed by atoms with Gasteiger partial charge in [-0.1, -0.05) is 0 Å². The molecule has 1 aliphatic heterocycles. The number of hydrogen-bond acceptors (Lipinski definition) is 5. The highest BCUT2D eigenvalue weighted by molar-refractivity contribution is 4.93. The molecule has 0 amide bonds. The van der Waals surface area contributed by atoms with Gasteiger partial charge in [-0.3, -0.25) is 16.0 Å². The van der Waals surface area contributed by atoms with Gasteiger partial charge < -0.3 is 4.74 Å². The van der Waals surface area contributed by atoms with Gasteiger partial charge in [0.2, 0.25) is 0 Å². The fourth-order valence-corrected chi connectivity index (χ4v) is 2.40. The molecule has 6 heteroatoms. The molecule has 1 aromatic rings. The molecular formula is C11H21N5O. The molecule has 17 heavy (non-hydrogen) atoms. The summed E-state index contributed by atoms with van der Waals surface area (Å²) in [7, 11) is 0. The molecule has 1 aromatic heterocycles. The second kappa shape index (κ2) is 5.57. The highest BCUT2D eigenvalue weighted by Crippen LogP contribution is 2.23. The van der Waals surface area contributed by atoms with Gasteiger partial charge in [-0.2, -0.15) is 5.10 Å². The first-order valence-electron chi connectivity index (χ1n) is 6.19. The summed E-state index contributed by atoms with van der Waals surface area (Å²) in [5, 5.41) is 4.17. The molecular weight excluding hydrogens is 218 g/mol. The molecule has 0 aliphatic carbocycles. The Bertz CT molecular complexity index is 353. The van der Waals surface area contributed by atoms with E-state index >= 15 is 0 Å². The van der Waals surface area contributed by atoms with Crippen molar-refractivity contribution in [3.05, 3.63) is 12.2 Å².